The summed E-state index contributed by atoms with van der Waals surface area (Å²) >= 11 is 0. The fraction of sp³-hybridized carbons (Fsp3) is 0.222. The molecule has 0 saturated carbocycles. The highest BCUT2D eigenvalue weighted by Gasteiger charge is 2.39. The van der Waals surface area contributed by atoms with Gasteiger partial charge >= 0.3 is 5.97 Å². The Bertz CT molecular complexity index is 1030. The molecule has 0 aliphatic carbocycles. The maximum absolute atomic E-state index is 12.7. The molecule has 0 amide bonds. The molecule has 1 N–H and O–H groups in total. The SMILES string of the molecule is COC(=O)C(C)(C)C(NCc1ccccc1)c1ccccc1C#Cc1ccccc1. The molecule has 0 heterocycles. The predicted octanol–water partition coefficient (Wildman–Crippen LogP) is 5.12. The first-order chi connectivity index (χ1) is 14.5. The van der Waals surface area contributed by atoms with Gasteiger partial charge in [0, 0.05) is 23.7 Å². The van der Waals surface area contributed by atoms with E-state index in [0.717, 1.165) is 22.3 Å². The third-order valence-electron chi connectivity index (χ3n) is 5.17. The molecule has 0 radical (unpaired) electrons. The van der Waals surface area contributed by atoms with Gasteiger partial charge in [-0.15, -0.1) is 0 Å². The molecular weight excluding hydrogens is 370 g/mol. The van der Waals surface area contributed by atoms with E-state index in [2.05, 4.69) is 29.3 Å². The minimum absolute atomic E-state index is 0.265. The van der Waals surface area contributed by atoms with Crippen LogP contribution >= 0.6 is 0 Å². The van der Waals surface area contributed by atoms with Crippen molar-refractivity contribution in [3.8, 4) is 11.8 Å². The van der Waals surface area contributed by atoms with Crippen LogP contribution in [0.1, 0.15) is 42.1 Å². The zero-order valence-electron chi connectivity index (χ0n) is 17.7. The van der Waals surface area contributed by atoms with E-state index in [1.54, 1.807) is 0 Å². The highest BCUT2D eigenvalue weighted by Crippen LogP contribution is 2.36. The van der Waals surface area contributed by atoms with Crippen molar-refractivity contribution >= 4 is 5.97 Å². The normalized spacial score (nSPS) is 11.8. The van der Waals surface area contributed by atoms with Crippen LogP contribution in [-0.4, -0.2) is 13.1 Å². The van der Waals surface area contributed by atoms with E-state index >= 15 is 0 Å². The van der Waals surface area contributed by atoms with Gasteiger partial charge in [-0.25, -0.2) is 0 Å². The van der Waals surface area contributed by atoms with Crippen molar-refractivity contribution in [3.63, 3.8) is 0 Å². The van der Waals surface area contributed by atoms with Crippen molar-refractivity contribution in [1.82, 2.24) is 5.32 Å². The molecule has 0 bridgehead atoms. The fourth-order valence-electron chi connectivity index (χ4n) is 3.47. The van der Waals surface area contributed by atoms with Gasteiger partial charge in [0.2, 0.25) is 0 Å². The van der Waals surface area contributed by atoms with E-state index in [1.165, 1.54) is 7.11 Å². The van der Waals surface area contributed by atoms with Gasteiger partial charge in [-0.05, 0) is 43.2 Å². The van der Waals surface area contributed by atoms with Crippen molar-refractivity contribution in [1.29, 1.82) is 0 Å². The number of hydrogen-bond donors (Lipinski definition) is 1. The van der Waals surface area contributed by atoms with Crippen molar-refractivity contribution in [2.75, 3.05) is 7.11 Å². The summed E-state index contributed by atoms with van der Waals surface area (Å²) < 4.78 is 5.12. The van der Waals surface area contributed by atoms with Crippen LogP contribution in [-0.2, 0) is 16.1 Å². The van der Waals surface area contributed by atoms with Crippen LogP contribution in [0.4, 0.5) is 0 Å². The van der Waals surface area contributed by atoms with Crippen molar-refractivity contribution in [3.05, 3.63) is 107 Å². The number of hydrogen-bond acceptors (Lipinski definition) is 3. The first-order valence-electron chi connectivity index (χ1n) is 10.0. The smallest absolute Gasteiger partial charge is 0.313 e. The second-order valence-corrected chi connectivity index (χ2v) is 7.72. The van der Waals surface area contributed by atoms with Crippen molar-refractivity contribution in [2.45, 2.75) is 26.4 Å². The van der Waals surface area contributed by atoms with E-state index in [4.69, 9.17) is 4.74 Å². The van der Waals surface area contributed by atoms with E-state index in [-0.39, 0.29) is 12.0 Å². The van der Waals surface area contributed by atoms with Crippen LogP contribution in [0.5, 0.6) is 0 Å². The average Bonchev–Trinajstić information content (AvgIpc) is 2.79. The molecule has 0 aliphatic rings. The first kappa shape index (κ1) is 21.4. The van der Waals surface area contributed by atoms with E-state index < -0.39 is 5.41 Å². The summed E-state index contributed by atoms with van der Waals surface area (Å²) in [6.07, 6.45) is 0. The molecule has 1 atom stereocenters. The van der Waals surface area contributed by atoms with Gasteiger partial charge in [-0.1, -0.05) is 78.6 Å². The lowest BCUT2D eigenvalue weighted by Gasteiger charge is -2.33. The first-order valence-corrected chi connectivity index (χ1v) is 10.0. The van der Waals surface area contributed by atoms with Crippen LogP contribution < -0.4 is 5.32 Å². The Morgan fingerprint density at radius 2 is 1.50 bits per heavy atom. The second-order valence-electron chi connectivity index (χ2n) is 7.72. The lowest BCUT2D eigenvalue weighted by Crippen LogP contribution is -2.40. The Hall–Kier alpha value is -3.35. The molecule has 3 aromatic carbocycles. The molecule has 0 aliphatic heterocycles. The molecule has 0 aromatic heterocycles. The third-order valence-corrected chi connectivity index (χ3v) is 5.17. The Morgan fingerprint density at radius 3 is 2.17 bits per heavy atom. The van der Waals surface area contributed by atoms with E-state index in [0.29, 0.717) is 6.54 Å². The van der Waals surface area contributed by atoms with E-state index in [1.807, 2.05) is 86.6 Å². The van der Waals surface area contributed by atoms with Gasteiger partial charge in [0.1, 0.15) is 0 Å². The van der Waals surface area contributed by atoms with Crippen LogP contribution in [0.3, 0.4) is 0 Å². The maximum atomic E-state index is 12.7. The molecule has 0 fully saturated rings. The van der Waals surface area contributed by atoms with Crippen LogP contribution in [0.15, 0.2) is 84.9 Å². The number of carbonyl (C=O) groups is 1. The molecule has 152 valence electrons. The number of rotatable bonds is 6. The fourth-order valence-corrected chi connectivity index (χ4v) is 3.47. The Balaban J connectivity index is 1.99. The summed E-state index contributed by atoms with van der Waals surface area (Å²) in [5, 5.41) is 3.58. The van der Waals surface area contributed by atoms with Gasteiger partial charge in [0.05, 0.1) is 12.5 Å². The quantitative estimate of drug-likeness (QED) is 0.464. The maximum Gasteiger partial charge on any atom is 0.313 e. The number of carbonyl (C=O) groups excluding carboxylic acids is 1. The predicted molar refractivity (Wildman–Crippen MR) is 121 cm³/mol. The van der Waals surface area contributed by atoms with Gasteiger partial charge in [0.25, 0.3) is 0 Å². The standard InChI is InChI=1S/C27H27NO2/c1-27(2,26(29)30-3)25(28-20-22-14-8-5-9-15-22)24-17-11-10-16-23(24)19-18-21-12-6-4-7-13-21/h4-17,25,28H,20H2,1-3H3. The van der Waals surface area contributed by atoms with Crippen molar-refractivity contribution < 1.29 is 9.53 Å². The molecular formula is C27H27NO2. The number of benzene rings is 3. The number of esters is 1. The average molecular weight is 398 g/mol. The zero-order valence-corrected chi connectivity index (χ0v) is 17.7. The summed E-state index contributed by atoms with van der Waals surface area (Å²) in [4.78, 5) is 12.7. The van der Waals surface area contributed by atoms with Gasteiger partial charge < -0.3 is 10.1 Å². The lowest BCUT2D eigenvalue weighted by molar-refractivity contribution is -0.152. The highest BCUT2D eigenvalue weighted by atomic mass is 16.5. The van der Waals surface area contributed by atoms with E-state index in [9.17, 15) is 4.79 Å². The summed E-state index contributed by atoms with van der Waals surface area (Å²) in [5.74, 6) is 6.26. The van der Waals surface area contributed by atoms with Crippen LogP contribution in [0.2, 0.25) is 0 Å². The third kappa shape index (κ3) is 5.17. The summed E-state index contributed by atoms with van der Waals surface area (Å²) in [6.45, 7) is 4.44. The molecule has 3 heteroatoms. The van der Waals surface area contributed by atoms with Crippen LogP contribution in [0, 0.1) is 17.3 Å². The Labute approximate surface area is 179 Å². The Morgan fingerprint density at radius 1 is 0.900 bits per heavy atom. The minimum atomic E-state index is -0.784. The lowest BCUT2D eigenvalue weighted by atomic mass is 9.78. The molecule has 3 rings (SSSR count). The molecule has 1 unspecified atom stereocenters. The minimum Gasteiger partial charge on any atom is -0.469 e. The topological polar surface area (TPSA) is 38.3 Å². The summed E-state index contributed by atoms with van der Waals surface area (Å²) in [7, 11) is 1.43. The monoisotopic (exact) mass is 397 g/mol. The number of nitrogens with one attached hydrogen (secondary N) is 1. The molecule has 0 spiro atoms. The van der Waals surface area contributed by atoms with Gasteiger partial charge in [-0.3, -0.25) is 4.79 Å². The molecule has 0 saturated heterocycles. The largest absolute Gasteiger partial charge is 0.469 e. The summed E-state index contributed by atoms with van der Waals surface area (Å²) in [6, 6.07) is 27.7. The van der Waals surface area contributed by atoms with Crippen LogP contribution in [0.25, 0.3) is 0 Å². The second kappa shape index (κ2) is 9.91. The molecule has 30 heavy (non-hydrogen) atoms. The Kier molecular flexibility index (Phi) is 7.06. The molecule has 3 aromatic rings. The van der Waals surface area contributed by atoms with Crippen molar-refractivity contribution in [2.24, 2.45) is 5.41 Å². The summed E-state index contributed by atoms with van der Waals surface area (Å²) in [5.41, 5.74) is 3.19. The number of ether oxygens (including phenoxy) is 1. The van der Waals surface area contributed by atoms with Gasteiger partial charge in [-0.2, -0.15) is 0 Å². The molecule has 3 nitrogen and oxygen atoms in total. The van der Waals surface area contributed by atoms with Gasteiger partial charge in [0.15, 0.2) is 0 Å². The highest BCUT2D eigenvalue weighted by molar-refractivity contribution is 5.77. The zero-order chi connectivity index (χ0) is 21.4. The number of methoxy groups -OCH3 is 1.